The number of nitrogens with zero attached hydrogens (tertiary/aromatic N) is 2. The van der Waals surface area contributed by atoms with Gasteiger partial charge in [-0.05, 0) is 42.7 Å². The number of carbonyl (C=O) groups excluding carboxylic acids is 2. The molecular weight excluding hydrogens is 302 g/mol. The average Bonchev–Trinajstić information content (AvgIpc) is 3.00. The van der Waals surface area contributed by atoms with Gasteiger partial charge in [-0.2, -0.15) is 10.2 Å². The van der Waals surface area contributed by atoms with E-state index in [0.29, 0.717) is 6.42 Å². The van der Waals surface area contributed by atoms with Crippen LogP contribution >= 0.6 is 0 Å². The maximum atomic E-state index is 12.0. The predicted octanol–water partition coefficient (Wildman–Crippen LogP) is 3.88. The third kappa shape index (κ3) is 4.35. The van der Waals surface area contributed by atoms with Gasteiger partial charge in [-0.15, -0.1) is 0 Å². The minimum atomic E-state index is -0.295. The van der Waals surface area contributed by atoms with Gasteiger partial charge >= 0.3 is 0 Å². The van der Waals surface area contributed by atoms with Gasteiger partial charge in [0.25, 0.3) is 0 Å². The van der Waals surface area contributed by atoms with Crippen LogP contribution in [0.5, 0.6) is 0 Å². The van der Waals surface area contributed by atoms with E-state index in [1.54, 1.807) is 0 Å². The molecule has 1 saturated carbocycles. The number of benzene rings is 2. The van der Waals surface area contributed by atoms with Crippen molar-refractivity contribution in [1.29, 1.82) is 0 Å². The van der Waals surface area contributed by atoms with Crippen LogP contribution in [0, 0.1) is 0 Å². The molecule has 122 valence electrons. The molecule has 0 bridgehead atoms. The molecule has 1 N–H and O–H groups in total. The summed E-state index contributed by atoms with van der Waals surface area (Å²) in [6, 6.07) is 16.6. The molecule has 24 heavy (non-hydrogen) atoms. The Kier molecular flexibility index (Phi) is 5.11. The molecule has 1 aliphatic carbocycles. The molecule has 0 spiro atoms. The normalized spacial score (nSPS) is 17.3. The first-order valence-corrected chi connectivity index (χ1v) is 8.08. The van der Waals surface area contributed by atoms with E-state index in [2.05, 4.69) is 15.5 Å². The van der Waals surface area contributed by atoms with E-state index in [0.717, 1.165) is 29.8 Å². The molecule has 0 saturated heterocycles. The highest BCUT2D eigenvalue weighted by Crippen LogP contribution is 2.19. The number of hydrogen-bond acceptors (Lipinski definition) is 4. The molecule has 5 heteroatoms. The minimum absolute atomic E-state index is 0.117. The number of ketones is 1. The van der Waals surface area contributed by atoms with Crippen LogP contribution in [-0.2, 0) is 16.0 Å². The van der Waals surface area contributed by atoms with E-state index in [4.69, 9.17) is 0 Å². The third-order valence-electron chi connectivity index (χ3n) is 3.98. The first-order chi connectivity index (χ1) is 11.7. The van der Waals surface area contributed by atoms with Crippen LogP contribution in [-0.4, -0.2) is 17.7 Å². The lowest BCUT2D eigenvalue weighted by atomic mass is 10.1. The van der Waals surface area contributed by atoms with E-state index < -0.39 is 0 Å². The smallest absolute Gasteiger partial charge is 0.224 e. The van der Waals surface area contributed by atoms with E-state index in [9.17, 15) is 9.59 Å². The van der Waals surface area contributed by atoms with Crippen LogP contribution in [0.3, 0.4) is 0 Å². The molecule has 2 aromatic rings. The Hall–Kier alpha value is -2.82. The Bertz CT molecular complexity index is 739. The van der Waals surface area contributed by atoms with Crippen LogP contribution in [0.1, 0.15) is 24.8 Å². The zero-order valence-electron chi connectivity index (χ0n) is 13.3. The second kappa shape index (κ2) is 7.64. The molecule has 1 unspecified atom stereocenters. The van der Waals surface area contributed by atoms with Gasteiger partial charge < -0.3 is 5.32 Å². The largest absolute Gasteiger partial charge is 0.346 e. The fourth-order valence-electron chi connectivity index (χ4n) is 2.69. The Morgan fingerprint density at radius 3 is 2.29 bits per heavy atom. The molecule has 3 rings (SSSR count). The van der Waals surface area contributed by atoms with Crippen molar-refractivity contribution >= 4 is 23.1 Å². The van der Waals surface area contributed by atoms with E-state index in [1.807, 2.05) is 54.6 Å². The molecule has 1 atom stereocenters. The lowest BCUT2D eigenvalue weighted by Crippen LogP contribution is -2.38. The fourth-order valence-corrected chi connectivity index (χ4v) is 2.69. The zero-order valence-corrected chi connectivity index (χ0v) is 13.3. The number of azo groups is 1. The third-order valence-corrected chi connectivity index (χ3v) is 3.98. The highest BCUT2D eigenvalue weighted by molar-refractivity contribution is 5.91. The quantitative estimate of drug-likeness (QED) is 0.849. The molecule has 1 fully saturated rings. The summed E-state index contributed by atoms with van der Waals surface area (Å²) in [5, 5.41) is 11.1. The van der Waals surface area contributed by atoms with Gasteiger partial charge in [-0.1, -0.05) is 30.3 Å². The molecule has 0 radical (unpaired) electrons. The Morgan fingerprint density at radius 2 is 1.67 bits per heavy atom. The predicted molar refractivity (Wildman–Crippen MR) is 91.6 cm³/mol. The van der Waals surface area contributed by atoms with Crippen molar-refractivity contribution in [1.82, 2.24) is 5.32 Å². The van der Waals surface area contributed by atoms with Crippen LogP contribution in [0.15, 0.2) is 64.8 Å². The van der Waals surface area contributed by atoms with Crippen molar-refractivity contribution in [3.05, 3.63) is 60.2 Å². The number of rotatable bonds is 5. The molecule has 0 aromatic heterocycles. The molecule has 5 nitrogen and oxygen atoms in total. The first kappa shape index (κ1) is 16.1. The van der Waals surface area contributed by atoms with Crippen molar-refractivity contribution in [3.63, 3.8) is 0 Å². The highest BCUT2D eigenvalue weighted by atomic mass is 16.2. The van der Waals surface area contributed by atoms with Crippen LogP contribution in [0.25, 0.3) is 0 Å². The summed E-state index contributed by atoms with van der Waals surface area (Å²) >= 11 is 0. The summed E-state index contributed by atoms with van der Waals surface area (Å²) in [5.74, 6) is 0.0222. The highest BCUT2D eigenvalue weighted by Gasteiger charge is 2.25. The van der Waals surface area contributed by atoms with Gasteiger partial charge in [-0.25, -0.2) is 0 Å². The Morgan fingerprint density at radius 1 is 1.00 bits per heavy atom. The van der Waals surface area contributed by atoms with E-state index >= 15 is 0 Å². The van der Waals surface area contributed by atoms with E-state index in [-0.39, 0.29) is 24.2 Å². The molecule has 0 aliphatic heterocycles. The molecule has 1 amide bonds. The summed E-state index contributed by atoms with van der Waals surface area (Å²) < 4.78 is 0. The molecule has 2 aromatic carbocycles. The number of hydrogen-bond donors (Lipinski definition) is 1. The minimum Gasteiger partial charge on any atom is -0.346 e. The topological polar surface area (TPSA) is 70.9 Å². The summed E-state index contributed by atoms with van der Waals surface area (Å²) in [6.45, 7) is 0. The lowest BCUT2D eigenvalue weighted by molar-refractivity contribution is -0.126. The van der Waals surface area contributed by atoms with Gasteiger partial charge in [0, 0.05) is 6.42 Å². The summed E-state index contributed by atoms with van der Waals surface area (Å²) in [4.78, 5) is 23.6. The maximum absolute atomic E-state index is 12.0. The number of Topliss-reactive ketones (excluding diaryl/α,β-unsaturated/α-hetero) is 1. The maximum Gasteiger partial charge on any atom is 0.224 e. The molecule has 1 aliphatic rings. The summed E-state index contributed by atoms with van der Waals surface area (Å²) in [7, 11) is 0. The van der Waals surface area contributed by atoms with E-state index in [1.165, 1.54) is 0 Å². The Labute approximate surface area is 140 Å². The average molecular weight is 321 g/mol. The lowest BCUT2D eigenvalue weighted by Gasteiger charge is -2.10. The molecular formula is C19H19N3O2. The second-order valence-corrected chi connectivity index (χ2v) is 5.86. The van der Waals surface area contributed by atoms with Gasteiger partial charge in [-0.3, -0.25) is 9.59 Å². The first-order valence-electron chi connectivity index (χ1n) is 8.08. The standard InChI is InChI=1S/C19H19N3O2/c23-18-8-4-7-17(18)20-19(24)13-14-9-11-16(12-10-14)22-21-15-5-2-1-3-6-15/h1-3,5-6,9-12,17H,4,7-8,13H2,(H,20,24)/b22-21+. The van der Waals surface area contributed by atoms with Crippen molar-refractivity contribution in [2.24, 2.45) is 10.2 Å². The zero-order chi connectivity index (χ0) is 16.8. The number of amides is 1. The summed E-state index contributed by atoms with van der Waals surface area (Å²) in [5.41, 5.74) is 2.41. The number of carbonyl (C=O) groups is 2. The van der Waals surface area contributed by atoms with Crippen molar-refractivity contribution in [3.8, 4) is 0 Å². The van der Waals surface area contributed by atoms with Gasteiger partial charge in [0.1, 0.15) is 0 Å². The monoisotopic (exact) mass is 321 g/mol. The fraction of sp³-hybridized carbons (Fsp3) is 0.263. The van der Waals surface area contributed by atoms with Crippen LogP contribution in [0.4, 0.5) is 11.4 Å². The number of nitrogens with one attached hydrogen (secondary N) is 1. The van der Waals surface area contributed by atoms with Crippen LogP contribution < -0.4 is 5.32 Å². The Balaban J connectivity index is 1.55. The van der Waals surface area contributed by atoms with Gasteiger partial charge in [0.15, 0.2) is 5.78 Å². The van der Waals surface area contributed by atoms with Gasteiger partial charge in [0.05, 0.1) is 23.8 Å². The second-order valence-electron chi connectivity index (χ2n) is 5.86. The van der Waals surface area contributed by atoms with Crippen molar-refractivity contribution in [2.75, 3.05) is 0 Å². The van der Waals surface area contributed by atoms with Gasteiger partial charge in [0.2, 0.25) is 5.91 Å². The molecule has 0 heterocycles. The van der Waals surface area contributed by atoms with Crippen molar-refractivity contribution in [2.45, 2.75) is 31.7 Å². The SMILES string of the molecule is O=C(Cc1ccc(/N=N/c2ccccc2)cc1)NC1CCCC1=O. The van der Waals surface area contributed by atoms with Crippen molar-refractivity contribution < 1.29 is 9.59 Å². The van der Waals surface area contributed by atoms with Crippen LogP contribution in [0.2, 0.25) is 0 Å². The summed E-state index contributed by atoms with van der Waals surface area (Å²) in [6.07, 6.45) is 2.46.